The monoisotopic (exact) mass is 328 g/mol. The summed E-state index contributed by atoms with van der Waals surface area (Å²) in [5.41, 5.74) is 1.17. The highest BCUT2D eigenvalue weighted by Crippen LogP contribution is 2.35. The van der Waals surface area contributed by atoms with Crippen LogP contribution >= 0.6 is 0 Å². The van der Waals surface area contributed by atoms with Crippen molar-refractivity contribution in [3.05, 3.63) is 59.7 Å². The third kappa shape index (κ3) is 3.68. The molecule has 2 aromatic carbocycles. The fourth-order valence-corrected chi connectivity index (χ4v) is 2.28. The van der Waals surface area contributed by atoms with Gasteiger partial charge in [-0.1, -0.05) is 30.3 Å². The van der Waals surface area contributed by atoms with E-state index in [9.17, 15) is 4.79 Å². The summed E-state index contributed by atoms with van der Waals surface area (Å²) in [4.78, 5) is 12.7. The summed E-state index contributed by atoms with van der Waals surface area (Å²) in [6, 6.07) is 12.6. The number of benzene rings is 2. The van der Waals surface area contributed by atoms with Gasteiger partial charge in [-0.15, -0.1) is 0 Å². The van der Waals surface area contributed by atoms with E-state index >= 15 is 0 Å². The van der Waals surface area contributed by atoms with Gasteiger partial charge in [-0.3, -0.25) is 4.79 Å². The minimum absolute atomic E-state index is 0.256. The van der Waals surface area contributed by atoms with E-state index in [2.05, 4.69) is 0 Å². The fraction of sp³-hybridized carbons (Fsp3) is 0.211. The molecule has 126 valence electrons. The van der Waals surface area contributed by atoms with Crippen LogP contribution in [0.4, 0.5) is 0 Å². The van der Waals surface area contributed by atoms with Crippen LogP contribution in [0.2, 0.25) is 0 Å². The Hall–Kier alpha value is -2.95. The van der Waals surface area contributed by atoms with Crippen molar-refractivity contribution in [1.82, 2.24) is 0 Å². The van der Waals surface area contributed by atoms with Crippen LogP contribution in [-0.2, 0) is 4.74 Å². The van der Waals surface area contributed by atoms with Crippen molar-refractivity contribution < 1.29 is 23.7 Å². The van der Waals surface area contributed by atoms with Crippen LogP contribution in [0.25, 0.3) is 5.76 Å². The highest BCUT2D eigenvalue weighted by Gasteiger charge is 2.17. The van der Waals surface area contributed by atoms with Gasteiger partial charge in [-0.05, 0) is 6.07 Å². The first kappa shape index (κ1) is 17.4. The zero-order valence-corrected chi connectivity index (χ0v) is 14.2. The summed E-state index contributed by atoms with van der Waals surface area (Å²) in [6.07, 6.45) is 1.43. The standard InChI is InChI=1S/C19H20O5/c1-21-16(13-8-6-5-7-9-13)11-15(20)14-10-18(23-3)19(24-4)12-17(14)22-2/h5-12H,1-4H3. The molecule has 0 heterocycles. The van der Waals surface area contributed by atoms with Crippen molar-refractivity contribution in [1.29, 1.82) is 0 Å². The summed E-state index contributed by atoms with van der Waals surface area (Å²) in [5, 5.41) is 0. The molecule has 0 atom stereocenters. The number of carbonyl (C=O) groups excluding carboxylic acids is 1. The van der Waals surface area contributed by atoms with Crippen molar-refractivity contribution in [2.24, 2.45) is 0 Å². The summed E-state index contributed by atoms with van der Waals surface area (Å²) in [5.74, 6) is 1.56. The maximum atomic E-state index is 12.7. The lowest BCUT2D eigenvalue weighted by molar-refractivity contribution is 0.104. The predicted molar refractivity (Wildman–Crippen MR) is 91.9 cm³/mol. The van der Waals surface area contributed by atoms with Gasteiger partial charge in [0.1, 0.15) is 11.5 Å². The molecule has 0 unspecified atom stereocenters. The Morgan fingerprint density at radius 2 is 1.42 bits per heavy atom. The minimum atomic E-state index is -0.256. The lowest BCUT2D eigenvalue weighted by Crippen LogP contribution is -2.03. The molecule has 0 bridgehead atoms. The third-order valence-corrected chi connectivity index (χ3v) is 3.51. The van der Waals surface area contributed by atoms with Crippen LogP contribution < -0.4 is 14.2 Å². The van der Waals surface area contributed by atoms with Gasteiger partial charge in [0.15, 0.2) is 17.3 Å². The topological polar surface area (TPSA) is 54.0 Å². The molecule has 5 nitrogen and oxygen atoms in total. The van der Waals surface area contributed by atoms with Gasteiger partial charge in [0.2, 0.25) is 0 Å². The molecule has 0 aliphatic carbocycles. The number of methoxy groups -OCH3 is 4. The Bertz CT molecular complexity index is 735. The maximum Gasteiger partial charge on any atom is 0.193 e. The second-order valence-electron chi connectivity index (χ2n) is 4.85. The molecular formula is C19H20O5. The lowest BCUT2D eigenvalue weighted by Gasteiger charge is -2.13. The van der Waals surface area contributed by atoms with Crippen molar-refractivity contribution >= 4 is 11.5 Å². The van der Waals surface area contributed by atoms with E-state index in [4.69, 9.17) is 18.9 Å². The molecule has 24 heavy (non-hydrogen) atoms. The van der Waals surface area contributed by atoms with E-state index in [0.717, 1.165) is 5.56 Å². The van der Waals surface area contributed by atoms with E-state index in [1.165, 1.54) is 34.5 Å². The maximum absolute atomic E-state index is 12.7. The molecule has 0 fully saturated rings. The molecule has 0 saturated heterocycles. The molecule has 0 spiro atoms. The Kier molecular flexibility index (Phi) is 5.84. The Balaban J connectivity index is 2.46. The molecule has 0 aliphatic rings. The molecular weight excluding hydrogens is 308 g/mol. The van der Waals surface area contributed by atoms with Crippen LogP contribution in [0.3, 0.4) is 0 Å². The molecule has 0 aliphatic heterocycles. The van der Waals surface area contributed by atoms with Crippen molar-refractivity contribution in [3.63, 3.8) is 0 Å². The van der Waals surface area contributed by atoms with Crippen molar-refractivity contribution in [3.8, 4) is 17.2 Å². The molecule has 5 heteroatoms. The SMILES string of the molecule is COC(=CC(=O)c1cc(OC)c(OC)cc1OC)c1ccccc1. The average molecular weight is 328 g/mol. The summed E-state index contributed by atoms with van der Waals surface area (Å²) in [7, 11) is 6.06. The Morgan fingerprint density at radius 1 is 0.833 bits per heavy atom. The molecule has 0 saturated carbocycles. The Labute approximate surface area is 141 Å². The van der Waals surface area contributed by atoms with Gasteiger partial charge in [0, 0.05) is 17.7 Å². The van der Waals surface area contributed by atoms with Gasteiger partial charge >= 0.3 is 0 Å². The summed E-state index contributed by atoms with van der Waals surface area (Å²) < 4.78 is 21.1. The van der Waals surface area contributed by atoms with Crippen molar-refractivity contribution in [2.75, 3.05) is 28.4 Å². The number of carbonyl (C=O) groups is 1. The Morgan fingerprint density at radius 3 is 1.96 bits per heavy atom. The first-order valence-corrected chi connectivity index (χ1v) is 7.30. The largest absolute Gasteiger partial charge is 0.496 e. The van der Waals surface area contributed by atoms with Crippen LogP contribution in [0.1, 0.15) is 15.9 Å². The van der Waals surface area contributed by atoms with Crippen LogP contribution in [0.5, 0.6) is 17.2 Å². The minimum Gasteiger partial charge on any atom is -0.496 e. The van der Waals surface area contributed by atoms with Crippen LogP contribution in [0.15, 0.2) is 48.5 Å². The lowest BCUT2D eigenvalue weighted by atomic mass is 10.1. The molecule has 0 amide bonds. The van der Waals surface area contributed by atoms with E-state index < -0.39 is 0 Å². The second kappa shape index (κ2) is 8.06. The third-order valence-electron chi connectivity index (χ3n) is 3.51. The van der Waals surface area contributed by atoms with Gasteiger partial charge in [-0.2, -0.15) is 0 Å². The molecule has 0 radical (unpaired) electrons. The highest BCUT2D eigenvalue weighted by molar-refractivity contribution is 6.10. The van der Waals surface area contributed by atoms with E-state index in [0.29, 0.717) is 28.6 Å². The number of hydrogen-bond donors (Lipinski definition) is 0. The van der Waals surface area contributed by atoms with Gasteiger partial charge in [0.25, 0.3) is 0 Å². The summed E-state index contributed by atoms with van der Waals surface area (Å²) >= 11 is 0. The summed E-state index contributed by atoms with van der Waals surface area (Å²) in [6.45, 7) is 0. The average Bonchev–Trinajstić information content (AvgIpc) is 2.65. The number of ether oxygens (including phenoxy) is 4. The van der Waals surface area contributed by atoms with Crippen LogP contribution in [-0.4, -0.2) is 34.2 Å². The molecule has 0 N–H and O–H groups in total. The normalized spacial score (nSPS) is 10.9. The predicted octanol–water partition coefficient (Wildman–Crippen LogP) is 3.58. The second-order valence-corrected chi connectivity index (χ2v) is 4.85. The van der Waals surface area contributed by atoms with Crippen LogP contribution in [0, 0.1) is 0 Å². The van der Waals surface area contributed by atoms with Gasteiger partial charge in [-0.25, -0.2) is 0 Å². The number of ketones is 1. The first-order valence-electron chi connectivity index (χ1n) is 7.30. The number of allylic oxidation sites excluding steroid dienone is 1. The molecule has 0 aromatic heterocycles. The zero-order chi connectivity index (χ0) is 17.5. The molecule has 2 rings (SSSR count). The smallest absolute Gasteiger partial charge is 0.193 e. The first-order chi connectivity index (χ1) is 11.6. The van der Waals surface area contributed by atoms with E-state index in [1.54, 1.807) is 12.1 Å². The van der Waals surface area contributed by atoms with E-state index in [1.807, 2.05) is 30.3 Å². The van der Waals surface area contributed by atoms with E-state index in [-0.39, 0.29) is 5.78 Å². The number of hydrogen-bond acceptors (Lipinski definition) is 5. The highest BCUT2D eigenvalue weighted by atomic mass is 16.5. The van der Waals surface area contributed by atoms with Gasteiger partial charge in [0.05, 0.1) is 34.0 Å². The van der Waals surface area contributed by atoms with Gasteiger partial charge < -0.3 is 18.9 Å². The quantitative estimate of drug-likeness (QED) is 0.442. The number of rotatable bonds is 7. The molecule has 2 aromatic rings. The fourth-order valence-electron chi connectivity index (χ4n) is 2.28. The zero-order valence-electron chi connectivity index (χ0n) is 14.2. The van der Waals surface area contributed by atoms with Crippen molar-refractivity contribution in [2.45, 2.75) is 0 Å².